The lowest BCUT2D eigenvalue weighted by Crippen LogP contribution is -2.09. The highest BCUT2D eigenvalue weighted by Crippen LogP contribution is 2.49. The predicted octanol–water partition coefficient (Wildman–Crippen LogP) is 2.59. The zero-order chi connectivity index (χ0) is 17.4. The summed E-state index contributed by atoms with van der Waals surface area (Å²) in [5.41, 5.74) is -0.425. The molecule has 124 valence electrons. The number of aromatic hydroxyl groups is 3. The molecule has 3 rings (SSSR count). The Kier molecular flexibility index (Phi) is 3.69. The van der Waals surface area contributed by atoms with E-state index in [1.807, 2.05) is 0 Å². The molecule has 3 aromatic rings. The third kappa shape index (κ3) is 2.10. The second-order valence-corrected chi connectivity index (χ2v) is 4.94. The number of rotatable bonds is 3. The summed E-state index contributed by atoms with van der Waals surface area (Å²) in [6.45, 7) is 0. The van der Waals surface area contributed by atoms with Gasteiger partial charge in [-0.2, -0.15) is 0 Å². The van der Waals surface area contributed by atoms with Crippen LogP contribution in [-0.2, 0) is 0 Å². The van der Waals surface area contributed by atoms with Crippen LogP contribution in [0.4, 0.5) is 0 Å². The monoisotopic (exact) mass is 330 g/mol. The van der Waals surface area contributed by atoms with Crippen molar-refractivity contribution in [3.05, 3.63) is 40.6 Å². The molecular weight excluding hydrogens is 316 g/mol. The minimum absolute atomic E-state index is 0.0815. The number of fused-ring (bicyclic) bond motifs is 1. The van der Waals surface area contributed by atoms with Crippen molar-refractivity contribution >= 4 is 11.0 Å². The molecule has 3 N–H and O–H groups in total. The fraction of sp³-hybridized carbons (Fsp3) is 0.118. The van der Waals surface area contributed by atoms with Crippen LogP contribution in [0.5, 0.6) is 28.7 Å². The van der Waals surface area contributed by atoms with Gasteiger partial charge in [-0.05, 0) is 0 Å². The van der Waals surface area contributed by atoms with Gasteiger partial charge in [0.25, 0.3) is 0 Å². The van der Waals surface area contributed by atoms with E-state index in [0.717, 1.165) is 0 Å². The average Bonchev–Trinajstić information content (AvgIpc) is 2.61. The number of phenols is 3. The molecular formula is C17H14O7. The van der Waals surface area contributed by atoms with Crippen LogP contribution in [-0.4, -0.2) is 29.5 Å². The van der Waals surface area contributed by atoms with Crippen molar-refractivity contribution < 1.29 is 29.2 Å². The number of hydrogen-bond acceptors (Lipinski definition) is 7. The highest BCUT2D eigenvalue weighted by molar-refractivity contribution is 5.96. The molecule has 0 bridgehead atoms. The van der Waals surface area contributed by atoms with Crippen molar-refractivity contribution in [3.8, 4) is 40.1 Å². The van der Waals surface area contributed by atoms with Gasteiger partial charge in [0, 0.05) is 5.56 Å². The first-order chi connectivity index (χ1) is 11.5. The number of phenolic OH excluding ortho intramolecular Hbond substituents is 3. The second-order valence-electron chi connectivity index (χ2n) is 4.94. The van der Waals surface area contributed by atoms with Crippen LogP contribution in [0.25, 0.3) is 22.3 Å². The van der Waals surface area contributed by atoms with E-state index in [4.69, 9.17) is 13.9 Å². The van der Waals surface area contributed by atoms with E-state index in [0.29, 0.717) is 5.56 Å². The lowest BCUT2D eigenvalue weighted by Gasteiger charge is -2.14. The lowest BCUT2D eigenvalue weighted by molar-refractivity contribution is 0.336. The second kappa shape index (κ2) is 5.69. The average molecular weight is 330 g/mol. The molecule has 0 radical (unpaired) electrons. The first-order valence-corrected chi connectivity index (χ1v) is 6.92. The van der Waals surface area contributed by atoms with E-state index in [2.05, 4.69) is 0 Å². The standard InChI is InChI=1S/C17H14O7/c1-22-15-9-10(18)17(23-2)14(8-6-4-3-5-7-8)24-16(9)13(21)11(19)12(15)20/h3-7,19-21H,1-2H3. The summed E-state index contributed by atoms with van der Waals surface area (Å²) in [5.74, 6) is -2.71. The molecule has 7 heteroatoms. The first-order valence-electron chi connectivity index (χ1n) is 6.92. The molecule has 7 nitrogen and oxygen atoms in total. The van der Waals surface area contributed by atoms with Gasteiger partial charge in [-0.3, -0.25) is 4.79 Å². The molecule has 1 aromatic heterocycles. The smallest absolute Gasteiger partial charge is 0.239 e. The Morgan fingerprint density at radius 2 is 1.50 bits per heavy atom. The van der Waals surface area contributed by atoms with Crippen LogP contribution in [0.2, 0.25) is 0 Å². The van der Waals surface area contributed by atoms with Crippen molar-refractivity contribution in [2.24, 2.45) is 0 Å². The van der Waals surface area contributed by atoms with Crippen molar-refractivity contribution in [3.63, 3.8) is 0 Å². The zero-order valence-electron chi connectivity index (χ0n) is 12.9. The summed E-state index contributed by atoms with van der Waals surface area (Å²) in [4.78, 5) is 12.8. The van der Waals surface area contributed by atoms with E-state index in [9.17, 15) is 20.1 Å². The Morgan fingerprint density at radius 1 is 0.875 bits per heavy atom. The van der Waals surface area contributed by atoms with Gasteiger partial charge in [0.15, 0.2) is 17.1 Å². The Morgan fingerprint density at radius 3 is 2.08 bits per heavy atom. The van der Waals surface area contributed by atoms with Crippen LogP contribution in [0, 0.1) is 0 Å². The maximum atomic E-state index is 12.8. The predicted molar refractivity (Wildman–Crippen MR) is 86.0 cm³/mol. The van der Waals surface area contributed by atoms with Gasteiger partial charge in [-0.25, -0.2) is 0 Å². The number of ether oxygens (including phenoxy) is 2. The maximum Gasteiger partial charge on any atom is 0.239 e. The summed E-state index contributed by atoms with van der Waals surface area (Å²) in [5, 5.41) is 29.6. The van der Waals surface area contributed by atoms with Crippen LogP contribution in [0.15, 0.2) is 39.5 Å². The van der Waals surface area contributed by atoms with Gasteiger partial charge < -0.3 is 29.2 Å². The van der Waals surface area contributed by atoms with Gasteiger partial charge in [-0.1, -0.05) is 30.3 Å². The molecule has 0 fully saturated rings. The fourth-order valence-corrected chi connectivity index (χ4v) is 2.50. The number of methoxy groups -OCH3 is 2. The first kappa shape index (κ1) is 15.5. The van der Waals surface area contributed by atoms with Crippen molar-refractivity contribution in [1.82, 2.24) is 0 Å². The fourth-order valence-electron chi connectivity index (χ4n) is 2.50. The van der Waals surface area contributed by atoms with Gasteiger partial charge in [0.05, 0.1) is 14.2 Å². The molecule has 0 saturated heterocycles. The van der Waals surface area contributed by atoms with E-state index in [-0.39, 0.29) is 28.2 Å². The minimum Gasteiger partial charge on any atom is -0.502 e. The quantitative estimate of drug-likeness (QED) is 0.633. The van der Waals surface area contributed by atoms with Gasteiger partial charge in [-0.15, -0.1) is 0 Å². The van der Waals surface area contributed by atoms with E-state index in [1.54, 1.807) is 30.3 Å². The third-order valence-corrected chi connectivity index (χ3v) is 3.62. The van der Waals surface area contributed by atoms with Crippen molar-refractivity contribution in [1.29, 1.82) is 0 Å². The summed E-state index contributed by atoms with van der Waals surface area (Å²) in [6.07, 6.45) is 0. The van der Waals surface area contributed by atoms with Gasteiger partial charge in [0.2, 0.25) is 28.4 Å². The highest BCUT2D eigenvalue weighted by atomic mass is 16.5. The molecule has 0 amide bonds. The number of benzene rings is 2. The molecule has 0 unspecified atom stereocenters. The Balaban J connectivity index is 2.53. The molecule has 0 atom stereocenters. The normalized spacial score (nSPS) is 10.8. The third-order valence-electron chi connectivity index (χ3n) is 3.62. The summed E-state index contributed by atoms with van der Waals surface area (Å²) >= 11 is 0. The number of hydrogen-bond donors (Lipinski definition) is 3. The molecule has 1 heterocycles. The summed E-state index contributed by atoms with van der Waals surface area (Å²) < 4.78 is 15.8. The Labute approximate surface area is 135 Å². The summed E-state index contributed by atoms with van der Waals surface area (Å²) in [7, 11) is 2.51. The van der Waals surface area contributed by atoms with Crippen LogP contribution in [0.3, 0.4) is 0 Å². The van der Waals surface area contributed by atoms with Gasteiger partial charge >= 0.3 is 0 Å². The molecule has 2 aromatic carbocycles. The minimum atomic E-state index is -0.841. The topological polar surface area (TPSA) is 109 Å². The Hall–Kier alpha value is -3.35. The van der Waals surface area contributed by atoms with Crippen molar-refractivity contribution in [2.75, 3.05) is 14.2 Å². The lowest BCUT2D eigenvalue weighted by atomic mass is 10.1. The molecule has 24 heavy (non-hydrogen) atoms. The van der Waals surface area contributed by atoms with E-state index < -0.39 is 22.7 Å². The maximum absolute atomic E-state index is 12.8. The molecule has 0 saturated carbocycles. The van der Waals surface area contributed by atoms with Gasteiger partial charge in [0.1, 0.15) is 5.39 Å². The SMILES string of the molecule is COc1c(-c2ccccc2)oc2c(O)c(O)c(O)c(OC)c2c1=O. The highest BCUT2D eigenvalue weighted by Gasteiger charge is 2.27. The molecule has 0 aliphatic heterocycles. The molecule has 0 aliphatic rings. The van der Waals surface area contributed by atoms with Crippen molar-refractivity contribution in [2.45, 2.75) is 0 Å². The Bertz CT molecular complexity index is 974. The zero-order valence-corrected chi connectivity index (χ0v) is 12.9. The molecule has 0 spiro atoms. The van der Waals surface area contributed by atoms with E-state index in [1.165, 1.54) is 14.2 Å². The van der Waals surface area contributed by atoms with E-state index >= 15 is 0 Å². The molecule has 0 aliphatic carbocycles. The largest absolute Gasteiger partial charge is 0.502 e. The van der Waals surface area contributed by atoms with Crippen LogP contribution < -0.4 is 14.9 Å². The van der Waals surface area contributed by atoms with Crippen LogP contribution >= 0.6 is 0 Å². The summed E-state index contributed by atoms with van der Waals surface area (Å²) in [6, 6.07) is 8.67. The van der Waals surface area contributed by atoms with Crippen LogP contribution in [0.1, 0.15) is 0 Å².